The molecule has 168 valence electrons. The Kier molecular flexibility index (Phi) is 7.88. The van der Waals surface area contributed by atoms with Crippen LogP contribution in [0.3, 0.4) is 0 Å². The minimum atomic E-state index is -0.442. The normalized spacial score (nSPS) is 10.1. The van der Waals surface area contributed by atoms with E-state index < -0.39 is 5.91 Å². The maximum Gasteiger partial charge on any atom is 0.269 e. The molecule has 0 saturated carbocycles. The van der Waals surface area contributed by atoms with E-state index in [4.69, 9.17) is 12.2 Å². The molecule has 0 aliphatic carbocycles. The molecule has 3 rings (SSSR count). The fourth-order valence-corrected chi connectivity index (χ4v) is 3.27. The maximum absolute atomic E-state index is 12.4. The molecule has 0 bridgehead atoms. The van der Waals surface area contributed by atoms with Gasteiger partial charge in [-0.1, -0.05) is 42.5 Å². The number of thiocarbonyl (C=S) groups is 1. The van der Waals surface area contributed by atoms with Gasteiger partial charge in [-0.05, 0) is 73.1 Å². The first-order chi connectivity index (χ1) is 15.8. The van der Waals surface area contributed by atoms with Crippen molar-refractivity contribution in [3.63, 3.8) is 0 Å². The van der Waals surface area contributed by atoms with Crippen LogP contribution < -0.4 is 21.5 Å². The molecule has 0 saturated heterocycles. The maximum atomic E-state index is 12.4. The number of carbonyl (C=O) groups excluding carboxylic acids is 3. The summed E-state index contributed by atoms with van der Waals surface area (Å²) >= 11 is 5.07. The minimum absolute atomic E-state index is 0.0101. The van der Waals surface area contributed by atoms with Crippen LogP contribution in [-0.4, -0.2) is 22.8 Å². The first kappa shape index (κ1) is 23.6. The third-order valence-corrected chi connectivity index (χ3v) is 5.15. The lowest BCUT2D eigenvalue weighted by Gasteiger charge is -2.12. The Hall–Kier alpha value is -4.04. The monoisotopic (exact) mass is 460 g/mol. The molecule has 0 atom stereocenters. The summed E-state index contributed by atoms with van der Waals surface area (Å²) in [6.07, 6.45) is 0.179. The lowest BCUT2D eigenvalue weighted by atomic mass is 10.1. The number of rotatable bonds is 5. The lowest BCUT2D eigenvalue weighted by molar-refractivity contribution is -0.119. The average molecular weight is 461 g/mol. The van der Waals surface area contributed by atoms with Crippen LogP contribution in [-0.2, 0) is 11.2 Å². The fraction of sp³-hybridized carbons (Fsp3) is 0.120. The van der Waals surface area contributed by atoms with Gasteiger partial charge in [0.1, 0.15) is 0 Å². The second-order valence-electron chi connectivity index (χ2n) is 7.41. The molecular formula is C25H24N4O3S. The summed E-state index contributed by atoms with van der Waals surface area (Å²) in [6.45, 7) is 3.80. The molecule has 0 aliphatic heterocycles. The van der Waals surface area contributed by atoms with Crippen molar-refractivity contribution in [3.8, 4) is 0 Å². The van der Waals surface area contributed by atoms with Gasteiger partial charge in [-0.2, -0.15) is 0 Å². The molecular weight excluding hydrogens is 436 g/mol. The van der Waals surface area contributed by atoms with E-state index in [1.165, 1.54) is 0 Å². The van der Waals surface area contributed by atoms with Gasteiger partial charge in [-0.15, -0.1) is 0 Å². The molecule has 0 fully saturated rings. The average Bonchev–Trinajstić information content (AvgIpc) is 2.79. The largest absolute Gasteiger partial charge is 0.322 e. The van der Waals surface area contributed by atoms with Gasteiger partial charge in [0.25, 0.3) is 11.8 Å². The van der Waals surface area contributed by atoms with E-state index >= 15 is 0 Å². The topological polar surface area (TPSA) is 99.3 Å². The van der Waals surface area contributed by atoms with Crippen LogP contribution in [0.25, 0.3) is 0 Å². The number of hydrogen-bond donors (Lipinski definition) is 4. The highest BCUT2D eigenvalue weighted by Gasteiger charge is 2.11. The number of nitrogens with one attached hydrogen (secondary N) is 4. The summed E-state index contributed by atoms with van der Waals surface area (Å²) in [6, 6.07) is 21.3. The molecule has 8 heteroatoms. The van der Waals surface area contributed by atoms with Crippen LogP contribution >= 0.6 is 12.2 Å². The molecule has 0 heterocycles. The third-order valence-electron chi connectivity index (χ3n) is 4.95. The van der Waals surface area contributed by atoms with Crippen molar-refractivity contribution in [2.24, 2.45) is 0 Å². The van der Waals surface area contributed by atoms with Crippen molar-refractivity contribution in [1.29, 1.82) is 0 Å². The van der Waals surface area contributed by atoms with E-state index in [-0.39, 0.29) is 23.3 Å². The van der Waals surface area contributed by atoms with Crippen LogP contribution in [0.4, 0.5) is 5.69 Å². The van der Waals surface area contributed by atoms with Crippen LogP contribution in [0, 0.1) is 13.8 Å². The zero-order valence-corrected chi connectivity index (χ0v) is 19.1. The van der Waals surface area contributed by atoms with Crippen molar-refractivity contribution >= 4 is 40.7 Å². The van der Waals surface area contributed by atoms with E-state index in [0.29, 0.717) is 16.8 Å². The number of hydrazine groups is 1. The Morgan fingerprint density at radius 3 is 2.06 bits per heavy atom. The predicted octanol–water partition coefficient (Wildman–Crippen LogP) is 3.43. The van der Waals surface area contributed by atoms with Crippen molar-refractivity contribution in [3.05, 3.63) is 101 Å². The molecule has 0 spiro atoms. The minimum Gasteiger partial charge on any atom is -0.322 e. The standard InChI is InChI=1S/C25H24N4O3S/c1-16-7-3-5-9-19(16)15-22(30)27-25(33)29-28-23(31)18-11-13-20(14-12-18)26-24(32)21-10-6-4-8-17(21)2/h3-14H,15H2,1-2H3,(H,26,32)(H,28,31)(H2,27,29,30,33). The lowest BCUT2D eigenvalue weighted by Crippen LogP contribution is -2.48. The molecule has 7 nitrogen and oxygen atoms in total. The van der Waals surface area contributed by atoms with Gasteiger partial charge in [-0.3, -0.25) is 25.2 Å². The number of carbonyl (C=O) groups is 3. The SMILES string of the molecule is Cc1ccccc1CC(=O)NC(=S)NNC(=O)c1ccc(NC(=O)c2ccccc2C)cc1. The Morgan fingerprint density at radius 2 is 1.39 bits per heavy atom. The summed E-state index contributed by atoms with van der Waals surface area (Å²) in [5.41, 5.74) is 9.24. The number of hydrogen-bond acceptors (Lipinski definition) is 4. The second-order valence-corrected chi connectivity index (χ2v) is 7.81. The Morgan fingerprint density at radius 1 is 0.758 bits per heavy atom. The van der Waals surface area contributed by atoms with Gasteiger partial charge in [0, 0.05) is 16.8 Å². The number of anilines is 1. The second kappa shape index (κ2) is 11.0. The summed E-state index contributed by atoms with van der Waals surface area (Å²) < 4.78 is 0. The van der Waals surface area contributed by atoms with Crippen LogP contribution in [0.2, 0.25) is 0 Å². The van der Waals surface area contributed by atoms with E-state index in [0.717, 1.165) is 16.7 Å². The molecule has 3 amide bonds. The van der Waals surface area contributed by atoms with Crippen LogP contribution in [0.5, 0.6) is 0 Å². The molecule has 0 aliphatic rings. The van der Waals surface area contributed by atoms with E-state index in [1.807, 2.05) is 50.2 Å². The highest BCUT2D eigenvalue weighted by molar-refractivity contribution is 7.80. The molecule has 0 aromatic heterocycles. The Balaban J connectivity index is 1.47. The van der Waals surface area contributed by atoms with Gasteiger partial charge in [0.2, 0.25) is 5.91 Å². The number of benzene rings is 3. The summed E-state index contributed by atoms with van der Waals surface area (Å²) in [7, 11) is 0. The molecule has 0 radical (unpaired) electrons. The molecule has 3 aromatic rings. The number of amides is 3. The number of aryl methyl sites for hydroxylation is 2. The Bertz CT molecular complexity index is 1190. The van der Waals surface area contributed by atoms with Crippen LogP contribution in [0.15, 0.2) is 72.8 Å². The van der Waals surface area contributed by atoms with Crippen molar-refractivity contribution in [2.45, 2.75) is 20.3 Å². The van der Waals surface area contributed by atoms with Crippen LogP contribution in [0.1, 0.15) is 37.4 Å². The smallest absolute Gasteiger partial charge is 0.269 e. The zero-order valence-electron chi connectivity index (χ0n) is 18.3. The predicted molar refractivity (Wildman–Crippen MR) is 132 cm³/mol. The molecule has 3 aromatic carbocycles. The summed E-state index contributed by atoms with van der Waals surface area (Å²) in [4.78, 5) is 36.9. The van der Waals surface area contributed by atoms with Crippen molar-refractivity contribution < 1.29 is 14.4 Å². The quantitative estimate of drug-likeness (QED) is 0.345. The zero-order chi connectivity index (χ0) is 23.8. The molecule has 33 heavy (non-hydrogen) atoms. The summed E-state index contributed by atoms with van der Waals surface area (Å²) in [5.74, 6) is -0.953. The van der Waals surface area contributed by atoms with Crippen molar-refractivity contribution in [1.82, 2.24) is 16.2 Å². The Labute approximate surface area is 197 Å². The third kappa shape index (κ3) is 6.72. The van der Waals surface area contributed by atoms with Gasteiger partial charge in [0.05, 0.1) is 6.42 Å². The van der Waals surface area contributed by atoms with E-state index in [2.05, 4.69) is 21.5 Å². The highest BCUT2D eigenvalue weighted by atomic mass is 32.1. The highest BCUT2D eigenvalue weighted by Crippen LogP contribution is 2.13. The first-order valence-corrected chi connectivity index (χ1v) is 10.7. The first-order valence-electron chi connectivity index (χ1n) is 10.2. The van der Waals surface area contributed by atoms with Gasteiger partial charge in [0.15, 0.2) is 5.11 Å². The van der Waals surface area contributed by atoms with Gasteiger partial charge in [-0.25, -0.2) is 0 Å². The fourth-order valence-electron chi connectivity index (χ4n) is 3.10. The summed E-state index contributed by atoms with van der Waals surface area (Å²) in [5, 5.41) is 5.33. The van der Waals surface area contributed by atoms with E-state index in [1.54, 1.807) is 36.4 Å². The molecule has 0 unspecified atom stereocenters. The van der Waals surface area contributed by atoms with Crippen molar-refractivity contribution in [2.75, 3.05) is 5.32 Å². The van der Waals surface area contributed by atoms with Gasteiger partial charge >= 0.3 is 0 Å². The van der Waals surface area contributed by atoms with Gasteiger partial charge < -0.3 is 10.6 Å². The van der Waals surface area contributed by atoms with E-state index in [9.17, 15) is 14.4 Å². The molecule has 4 N–H and O–H groups in total.